The molecule has 0 aliphatic rings. The molecule has 0 bridgehead atoms. The Hall–Kier alpha value is -1.94. The molecule has 4 heteroatoms. The number of rotatable bonds is 6. The van der Waals surface area contributed by atoms with Gasteiger partial charge in [-0.1, -0.05) is 19.1 Å². The Bertz CT molecular complexity index is 514. The number of nitrogens with one attached hydrogen (secondary N) is 1. The molecule has 1 aromatic heterocycles. The zero-order chi connectivity index (χ0) is 13.5. The fraction of sp³-hybridized carbons (Fsp3) is 0.267. The molecule has 1 aromatic carbocycles. The van der Waals surface area contributed by atoms with Crippen LogP contribution in [0.1, 0.15) is 18.2 Å². The highest BCUT2D eigenvalue weighted by atomic mass is 19.1. The van der Waals surface area contributed by atoms with Crippen LogP contribution in [0.4, 0.5) is 4.39 Å². The van der Waals surface area contributed by atoms with E-state index in [-0.39, 0.29) is 5.82 Å². The van der Waals surface area contributed by atoms with Gasteiger partial charge < -0.3 is 10.1 Å². The predicted molar refractivity (Wildman–Crippen MR) is 72.3 cm³/mol. The maximum absolute atomic E-state index is 13.0. The first-order chi connectivity index (χ1) is 9.28. The van der Waals surface area contributed by atoms with Gasteiger partial charge in [0, 0.05) is 18.8 Å². The Labute approximate surface area is 112 Å². The summed E-state index contributed by atoms with van der Waals surface area (Å²) in [4.78, 5) is 4.31. The predicted octanol–water partition coefficient (Wildman–Crippen LogP) is 2.91. The Morgan fingerprint density at radius 3 is 2.84 bits per heavy atom. The minimum atomic E-state index is -0.300. The van der Waals surface area contributed by atoms with E-state index in [2.05, 4.69) is 17.2 Å². The fourth-order valence-electron chi connectivity index (χ4n) is 1.63. The highest BCUT2D eigenvalue weighted by Gasteiger charge is 1.99. The lowest BCUT2D eigenvalue weighted by atomic mass is 10.2. The summed E-state index contributed by atoms with van der Waals surface area (Å²) in [5.74, 6) is 0.213. The van der Waals surface area contributed by atoms with E-state index in [1.165, 1.54) is 12.1 Å². The molecule has 1 N–H and O–H groups in total. The van der Waals surface area contributed by atoms with Gasteiger partial charge in [0.1, 0.15) is 18.2 Å². The molecule has 100 valence electrons. The van der Waals surface area contributed by atoms with Crippen molar-refractivity contribution >= 4 is 0 Å². The van der Waals surface area contributed by atoms with Crippen LogP contribution in [0.3, 0.4) is 0 Å². The standard InChI is InChI=1S/C15H17FN2O/c1-2-17-9-12-6-7-14(18-10-12)11-19-15-5-3-4-13(16)8-15/h3-8,10,17H,2,9,11H2,1H3. The molecular formula is C15H17FN2O. The van der Waals surface area contributed by atoms with E-state index in [1.54, 1.807) is 12.1 Å². The maximum atomic E-state index is 13.0. The van der Waals surface area contributed by atoms with Crippen LogP contribution in [-0.2, 0) is 13.2 Å². The quantitative estimate of drug-likeness (QED) is 0.867. The first-order valence-corrected chi connectivity index (χ1v) is 6.31. The summed E-state index contributed by atoms with van der Waals surface area (Å²) in [6, 6.07) is 10.0. The number of hydrogen-bond acceptors (Lipinski definition) is 3. The summed E-state index contributed by atoms with van der Waals surface area (Å²) >= 11 is 0. The van der Waals surface area contributed by atoms with Gasteiger partial charge in [-0.05, 0) is 30.3 Å². The topological polar surface area (TPSA) is 34.1 Å². The molecule has 0 radical (unpaired) electrons. The van der Waals surface area contributed by atoms with Crippen LogP contribution in [0.5, 0.6) is 5.75 Å². The van der Waals surface area contributed by atoms with Crippen LogP contribution >= 0.6 is 0 Å². The lowest BCUT2D eigenvalue weighted by Gasteiger charge is -2.07. The zero-order valence-corrected chi connectivity index (χ0v) is 10.9. The van der Waals surface area contributed by atoms with Gasteiger partial charge in [-0.25, -0.2) is 4.39 Å². The van der Waals surface area contributed by atoms with E-state index in [9.17, 15) is 4.39 Å². The number of ether oxygens (including phenoxy) is 1. The lowest BCUT2D eigenvalue weighted by molar-refractivity contribution is 0.299. The van der Waals surface area contributed by atoms with Crippen LogP contribution in [0.2, 0.25) is 0 Å². The van der Waals surface area contributed by atoms with Gasteiger partial charge >= 0.3 is 0 Å². The van der Waals surface area contributed by atoms with Crippen molar-refractivity contribution < 1.29 is 9.13 Å². The van der Waals surface area contributed by atoms with Crippen molar-refractivity contribution in [3.8, 4) is 5.75 Å². The number of hydrogen-bond donors (Lipinski definition) is 1. The Morgan fingerprint density at radius 1 is 1.26 bits per heavy atom. The van der Waals surface area contributed by atoms with Crippen molar-refractivity contribution in [1.29, 1.82) is 0 Å². The largest absolute Gasteiger partial charge is 0.487 e. The van der Waals surface area contributed by atoms with Crippen LogP contribution < -0.4 is 10.1 Å². The second-order valence-corrected chi connectivity index (χ2v) is 4.18. The van der Waals surface area contributed by atoms with Crippen LogP contribution in [-0.4, -0.2) is 11.5 Å². The molecule has 3 nitrogen and oxygen atoms in total. The third kappa shape index (κ3) is 4.34. The monoisotopic (exact) mass is 260 g/mol. The molecule has 19 heavy (non-hydrogen) atoms. The molecule has 0 atom stereocenters. The molecule has 2 rings (SSSR count). The molecule has 0 amide bonds. The van der Waals surface area contributed by atoms with Crippen LogP contribution in [0.25, 0.3) is 0 Å². The van der Waals surface area contributed by atoms with Crippen molar-refractivity contribution in [1.82, 2.24) is 10.3 Å². The van der Waals surface area contributed by atoms with E-state index in [0.717, 1.165) is 24.3 Å². The molecule has 2 aromatic rings. The summed E-state index contributed by atoms with van der Waals surface area (Å²) in [5.41, 5.74) is 1.96. The van der Waals surface area contributed by atoms with Gasteiger partial charge in [0.2, 0.25) is 0 Å². The highest BCUT2D eigenvalue weighted by Crippen LogP contribution is 2.13. The normalized spacial score (nSPS) is 10.4. The molecule has 0 aliphatic heterocycles. The maximum Gasteiger partial charge on any atom is 0.130 e. The van der Waals surface area contributed by atoms with E-state index in [1.807, 2.05) is 18.3 Å². The van der Waals surface area contributed by atoms with Crippen molar-refractivity contribution in [3.05, 3.63) is 59.7 Å². The Kier molecular flexibility index (Phi) is 4.86. The molecular weight excluding hydrogens is 243 g/mol. The number of nitrogens with zero attached hydrogens (tertiary/aromatic N) is 1. The van der Waals surface area contributed by atoms with Crippen LogP contribution in [0, 0.1) is 5.82 Å². The molecule has 1 heterocycles. The van der Waals surface area contributed by atoms with Crippen molar-refractivity contribution in [2.45, 2.75) is 20.1 Å². The average molecular weight is 260 g/mol. The van der Waals surface area contributed by atoms with Gasteiger partial charge in [-0.3, -0.25) is 4.98 Å². The number of pyridine rings is 1. The van der Waals surface area contributed by atoms with Gasteiger partial charge in [0.05, 0.1) is 5.69 Å². The molecule has 0 spiro atoms. The van der Waals surface area contributed by atoms with Crippen molar-refractivity contribution in [3.63, 3.8) is 0 Å². The first kappa shape index (κ1) is 13.5. The second kappa shape index (κ2) is 6.85. The summed E-state index contributed by atoms with van der Waals surface area (Å²) in [5, 5.41) is 3.24. The van der Waals surface area contributed by atoms with Gasteiger partial charge in [-0.2, -0.15) is 0 Å². The van der Waals surface area contributed by atoms with Crippen molar-refractivity contribution in [2.75, 3.05) is 6.54 Å². The number of aromatic nitrogens is 1. The number of halogens is 1. The molecule has 0 unspecified atom stereocenters. The third-order valence-electron chi connectivity index (χ3n) is 2.65. The second-order valence-electron chi connectivity index (χ2n) is 4.18. The smallest absolute Gasteiger partial charge is 0.130 e. The summed E-state index contributed by atoms with van der Waals surface area (Å²) < 4.78 is 18.4. The van der Waals surface area contributed by atoms with Gasteiger partial charge in [0.25, 0.3) is 0 Å². The summed E-state index contributed by atoms with van der Waals surface area (Å²) in [6.07, 6.45) is 1.83. The highest BCUT2D eigenvalue weighted by molar-refractivity contribution is 5.23. The van der Waals surface area contributed by atoms with E-state index in [4.69, 9.17) is 4.74 Å². The molecule has 0 saturated carbocycles. The van der Waals surface area contributed by atoms with Crippen LogP contribution in [0.15, 0.2) is 42.6 Å². The SMILES string of the molecule is CCNCc1ccc(COc2cccc(F)c2)nc1. The summed E-state index contributed by atoms with van der Waals surface area (Å²) in [7, 11) is 0. The fourth-order valence-corrected chi connectivity index (χ4v) is 1.63. The lowest BCUT2D eigenvalue weighted by Crippen LogP contribution is -2.12. The first-order valence-electron chi connectivity index (χ1n) is 6.31. The number of benzene rings is 1. The van der Waals surface area contributed by atoms with Gasteiger partial charge in [0.15, 0.2) is 0 Å². The van der Waals surface area contributed by atoms with Gasteiger partial charge in [-0.15, -0.1) is 0 Å². The minimum Gasteiger partial charge on any atom is -0.487 e. The molecule has 0 saturated heterocycles. The summed E-state index contributed by atoms with van der Waals surface area (Å²) in [6.45, 7) is 4.15. The minimum absolute atomic E-state index is 0.300. The van der Waals surface area contributed by atoms with Crippen molar-refractivity contribution in [2.24, 2.45) is 0 Å². The molecule has 0 fully saturated rings. The van der Waals surface area contributed by atoms with E-state index < -0.39 is 0 Å². The average Bonchev–Trinajstić information content (AvgIpc) is 2.44. The Balaban J connectivity index is 1.89. The Morgan fingerprint density at radius 2 is 2.16 bits per heavy atom. The molecule has 0 aliphatic carbocycles. The zero-order valence-electron chi connectivity index (χ0n) is 10.9. The third-order valence-corrected chi connectivity index (χ3v) is 2.65. The van der Waals surface area contributed by atoms with E-state index >= 15 is 0 Å². The van der Waals surface area contributed by atoms with E-state index in [0.29, 0.717) is 12.4 Å².